The molecule has 138 valence electrons. The SMILES string of the molecule is O=C(CNS(=O)(=O)c1cccc(F)c1)NC1CCN(c2ccccn2)C1. The van der Waals surface area contributed by atoms with Gasteiger partial charge in [0.05, 0.1) is 11.4 Å². The average Bonchev–Trinajstić information content (AvgIpc) is 3.09. The summed E-state index contributed by atoms with van der Waals surface area (Å²) in [5.41, 5.74) is 0. The molecule has 7 nitrogen and oxygen atoms in total. The lowest BCUT2D eigenvalue weighted by molar-refractivity contribution is -0.120. The molecule has 0 bridgehead atoms. The van der Waals surface area contributed by atoms with Gasteiger partial charge in [-0.1, -0.05) is 12.1 Å². The van der Waals surface area contributed by atoms with Crippen molar-refractivity contribution in [2.24, 2.45) is 0 Å². The van der Waals surface area contributed by atoms with E-state index in [1.165, 1.54) is 12.1 Å². The van der Waals surface area contributed by atoms with Gasteiger partial charge in [-0.25, -0.2) is 22.5 Å². The molecular weight excluding hydrogens is 359 g/mol. The van der Waals surface area contributed by atoms with Crippen molar-refractivity contribution in [2.45, 2.75) is 17.4 Å². The van der Waals surface area contributed by atoms with Crippen LogP contribution >= 0.6 is 0 Å². The van der Waals surface area contributed by atoms with Gasteiger partial charge in [0.2, 0.25) is 15.9 Å². The predicted molar refractivity (Wildman–Crippen MR) is 94.6 cm³/mol. The molecule has 1 fully saturated rings. The standard InChI is InChI=1S/C17H19FN4O3S/c18-13-4-3-5-15(10-13)26(24,25)20-11-17(23)21-14-7-9-22(12-14)16-6-1-2-8-19-16/h1-6,8,10,14,20H,7,9,11-12H2,(H,21,23). The van der Waals surface area contributed by atoms with Crippen LogP contribution in [0.15, 0.2) is 53.6 Å². The van der Waals surface area contributed by atoms with Crippen molar-refractivity contribution in [3.63, 3.8) is 0 Å². The second-order valence-corrected chi connectivity index (χ2v) is 7.74. The van der Waals surface area contributed by atoms with Crippen molar-refractivity contribution in [1.29, 1.82) is 0 Å². The Morgan fingerprint density at radius 1 is 1.27 bits per heavy atom. The van der Waals surface area contributed by atoms with Crippen LogP contribution in [0.4, 0.5) is 10.2 Å². The third kappa shape index (κ3) is 4.55. The molecule has 3 rings (SSSR count). The van der Waals surface area contributed by atoms with E-state index in [9.17, 15) is 17.6 Å². The molecule has 1 aromatic heterocycles. The van der Waals surface area contributed by atoms with Gasteiger partial charge in [0.15, 0.2) is 0 Å². The molecule has 26 heavy (non-hydrogen) atoms. The van der Waals surface area contributed by atoms with Crippen molar-refractivity contribution in [1.82, 2.24) is 15.0 Å². The normalized spacial score (nSPS) is 17.3. The summed E-state index contributed by atoms with van der Waals surface area (Å²) in [5, 5.41) is 2.80. The first kappa shape index (κ1) is 18.3. The van der Waals surface area contributed by atoms with E-state index >= 15 is 0 Å². The number of hydrogen-bond acceptors (Lipinski definition) is 5. The Bertz CT molecular complexity index is 877. The van der Waals surface area contributed by atoms with Crippen molar-refractivity contribution in [2.75, 3.05) is 24.5 Å². The lowest BCUT2D eigenvalue weighted by Gasteiger charge is -2.17. The van der Waals surface area contributed by atoms with E-state index in [-0.39, 0.29) is 10.9 Å². The Morgan fingerprint density at radius 3 is 2.85 bits per heavy atom. The fourth-order valence-electron chi connectivity index (χ4n) is 2.78. The van der Waals surface area contributed by atoms with E-state index < -0.39 is 28.3 Å². The molecule has 1 saturated heterocycles. The van der Waals surface area contributed by atoms with Crippen LogP contribution in [-0.2, 0) is 14.8 Å². The van der Waals surface area contributed by atoms with Gasteiger partial charge >= 0.3 is 0 Å². The molecule has 2 N–H and O–H groups in total. The van der Waals surface area contributed by atoms with Crippen LogP contribution in [0.5, 0.6) is 0 Å². The number of carbonyl (C=O) groups is 1. The van der Waals surface area contributed by atoms with Crippen molar-refractivity contribution in [3.05, 3.63) is 54.5 Å². The largest absolute Gasteiger partial charge is 0.354 e. The lowest BCUT2D eigenvalue weighted by Crippen LogP contribution is -2.43. The van der Waals surface area contributed by atoms with Crippen LogP contribution in [0, 0.1) is 5.82 Å². The van der Waals surface area contributed by atoms with Gasteiger partial charge in [-0.3, -0.25) is 4.79 Å². The molecule has 1 aromatic carbocycles. The maximum Gasteiger partial charge on any atom is 0.241 e. The number of carbonyl (C=O) groups excluding carboxylic acids is 1. The molecule has 1 atom stereocenters. The molecular formula is C17H19FN4O3S. The highest BCUT2D eigenvalue weighted by Crippen LogP contribution is 2.17. The number of hydrogen-bond donors (Lipinski definition) is 2. The number of benzene rings is 1. The summed E-state index contributed by atoms with van der Waals surface area (Å²) in [6, 6.07) is 10.2. The zero-order valence-corrected chi connectivity index (χ0v) is 14.7. The molecule has 0 radical (unpaired) electrons. The van der Waals surface area contributed by atoms with Crippen molar-refractivity contribution < 1.29 is 17.6 Å². The van der Waals surface area contributed by atoms with Crippen LogP contribution in [0.2, 0.25) is 0 Å². The maximum atomic E-state index is 13.2. The second kappa shape index (κ2) is 7.79. The number of nitrogens with one attached hydrogen (secondary N) is 2. The molecule has 1 unspecified atom stereocenters. The third-order valence-electron chi connectivity index (χ3n) is 4.06. The first-order valence-corrected chi connectivity index (χ1v) is 9.63. The molecule has 0 spiro atoms. The molecule has 0 aliphatic carbocycles. The van der Waals surface area contributed by atoms with Gasteiger partial charge in [-0.05, 0) is 36.8 Å². The highest BCUT2D eigenvalue weighted by Gasteiger charge is 2.25. The molecule has 2 aromatic rings. The van der Waals surface area contributed by atoms with Gasteiger partial charge in [-0.15, -0.1) is 0 Å². The third-order valence-corrected chi connectivity index (χ3v) is 5.45. The fraction of sp³-hybridized carbons (Fsp3) is 0.294. The van der Waals surface area contributed by atoms with Gasteiger partial charge < -0.3 is 10.2 Å². The van der Waals surface area contributed by atoms with Crippen molar-refractivity contribution in [3.8, 4) is 0 Å². The number of amides is 1. The average molecular weight is 378 g/mol. The fourth-order valence-corrected chi connectivity index (χ4v) is 3.80. The highest BCUT2D eigenvalue weighted by atomic mass is 32.2. The number of anilines is 1. The molecule has 1 amide bonds. The Hall–Kier alpha value is -2.52. The van der Waals surface area contributed by atoms with Crippen LogP contribution in [0.3, 0.4) is 0 Å². The summed E-state index contributed by atoms with van der Waals surface area (Å²) < 4.78 is 39.5. The Morgan fingerprint density at radius 2 is 2.12 bits per heavy atom. The predicted octanol–water partition coefficient (Wildman–Crippen LogP) is 0.894. The minimum atomic E-state index is -3.94. The maximum absolute atomic E-state index is 13.2. The number of aromatic nitrogens is 1. The molecule has 2 heterocycles. The quantitative estimate of drug-likeness (QED) is 0.779. The Kier molecular flexibility index (Phi) is 5.48. The van der Waals surface area contributed by atoms with E-state index in [2.05, 4.69) is 19.9 Å². The van der Waals surface area contributed by atoms with Crippen LogP contribution in [0.25, 0.3) is 0 Å². The molecule has 1 aliphatic rings. The summed E-state index contributed by atoms with van der Waals surface area (Å²) in [6.45, 7) is 0.968. The Labute approximate surface area is 151 Å². The number of nitrogens with zero attached hydrogens (tertiary/aromatic N) is 2. The van der Waals surface area contributed by atoms with E-state index in [1.807, 2.05) is 18.2 Å². The van der Waals surface area contributed by atoms with E-state index in [1.54, 1.807) is 6.20 Å². The van der Waals surface area contributed by atoms with Crippen LogP contribution in [-0.4, -0.2) is 45.0 Å². The van der Waals surface area contributed by atoms with Gasteiger partial charge in [0.25, 0.3) is 0 Å². The van der Waals surface area contributed by atoms with E-state index in [4.69, 9.17) is 0 Å². The number of pyridine rings is 1. The van der Waals surface area contributed by atoms with Crippen LogP contribution in [0.1, 0.15) is 6.42 Å². The summed E-state index contributed by atoms with van der Waals surface area (Å²) in [7, 11) is -3.94. The Balaban J connectivity index is 1.50. The topological polar surface area (TPSA) is 91.4 Å². The molecule has 0 saturated carbocycles. The first-order valence-electron chi connectivity index (χ1n) is 8.14. The summed E-state index contributed by atoms with van der Waals surface area (Å²) in [5.74, 6) is -0.244. The zero-order chi connectivity index (χ0) is 18.6. The zero-order valence-electron chi connectivity index (χ0n) is 13.9. The minimum absolute atomic E-state index is 0.0804. The first-order chi connectivity index (χ1) is 12.4. The summed E-state index contributed by atoms with van der Waals surface area (Å²) in [4.78, 5) is 18.2. The number of rotatable bonds is 6. The number of halogens is 1. The summed E-state index contributed by atoms with van der Waals surface area (Å²) >= 11 is 0. The van der Waals surface area contributed by atoms with Crippen LogP contribution < -0.4 is 14.9 Å². The highest BCUT2D eigenvalue weighted by molar-refractivity contribution is 7.89. The van der Waals surface area contributed by atoms with Gasteiger partial charge in [0.1, 0.15) is 11.6 Å². The van der Waals surface area contributed by atoms with Gasteiger partial charge in [-0.2, -0.15) is 0 Å². The van der Waals surface area contributed by atoms with E-state index in [0.717, 1.165) is 30.9 Å². The smallest absolute Gasteiger partial charge is 0.241 e. The van der Waals surface area contributed by atoms with Crippen molar-refractivity contribution >= 4 is 21.7 Å². The second-order valence-electron chi connectivity index (χ2n) is 5.97. The number of sulfonamides is 1. The van der Waals surface area contributed by atoms with E-state index in [0.29, 0.717) is 6.54 Å². The minimum Gasteiger partial charge on any atom is -0.354 e. The van der Waals surface area contributed by atoms with Gasteiger partial charge in [0, 0.05) is 25.3 Å². The molecule has 1 aliphatic heterocycles. The summed E-state index contributed by atoms with van der Waals surface area (Å²) in [6.07, 6.45) is 2.46. The molecule has 9 heteroatoms. The monoisotopic (exact) mass is 378 g/mol. The lowest BCUT2D eigenvalue weighted by atomic mass is 10.2.